The fourth-order valence-electron chi connectivity index (χ4n) is 6.25. The predicted octanol–water partition coefficient (Wildman–Crippen LogP) is 8.19. The molecule has 220 valence electrons. The van der Waals surface area contributed by atoms with Crippen LogP contribution in [0.3, 0.4) is 0 Å². The third-order valence-electron chi connectivity index (χ3n) is 8.58. The number of hydrogen-bond acceptors (Lipinski definition) is 7. The molecule has 0 aliphatic heterocycles. The maximum absolute atomic E-state index is 10.3. The van der Waals surface area contributed by atoms with E-state index < -0.39 is 28.7 Å². The number of phenolic OH excluding ortho intramolecular Hbond substituents is 5. The van der Waals surface area contributed by atoms with E-state index in [1.165, 1.54) is 0 Å². The van der Waals surface area contributed by atoms with E-state index in [2.05, 4.69) is 28.7 Å². The number of phenols is 5. The van der Waals surface area contributed by atoms with Crippen LogP contribution in [-0.4, -0.2) is 34.9 Å². The van der Waals surface area contributed by atoms with E-state index in [0.29, 0.717) is 11.1 Å². The van der Waals surface area contributed by atoms with E-state index in [4.69, 9.17) is 4.98 Å². The number of pyridine rings is 1. The van der Waals surface area contributed by atoms with Crippen LogP contribution in [0.25, 0.3) is 71.7 Å². The zero-order valence-electron chi connectivity index (χ0n) is 24.0. The lowest BCUT2D eigenvalue weighted by molar-refractivity contribution is 0.330. The van der Waals surface area contributed by atoms with Gasteiger partial charge in [0.05, 0.1) is 33.7 Å². The van der Waals surface area contributed by atoms with Gasteiger partial charge in [0.25, 0.3) is 0 Å². The van der Waals surface area contributed by atoms with Crippen molar-refractivity contribution < 1.29 is 25.5 Å². The number of benzene rings is 6. The van der Waals surface area contributed by atoms with Gasteiger partial charge in [-0.2, -0.15) is 5.26 Å². The Bertz CT molecular complexity index is 2550. The van der Waals surface area contributed by atoms with Crippen LogP contribution in [0.5, 0.6) is 28.7 Å². The second-order valence-corrected chi connectivity index (χ2v) is 11.1. The Labute approximate surface area is 261 Å². The van der Waals surface area contributed by atoms with Crippen LogP contribution < -0.4 is 0 Å². The van der Waals surface area contributed by atoms with E-state index in [9.17, 15) is 30.8 Å². The van der Waals surface area contributed by atoms with Gasteiger partial charge in [-0.25, -0.2) is 4.98 Å². The van der Waals surface area contributed by atoms with E-state index in [0.717, 1.165) is 60.6 Å². The van der Waals surface area contributed by atoms with Gasteiger partial charge in [-0.05, 0) is 69.6 Å². The Kier molecular flexibility index (Phi) is 5.79. The zero-order chi connectivity index (χ0) is 31.7. The summed E-state index contributed by atoms with van der Waals surface area (Å²) < 4.78 is 2.13. The van der Waals surface area contributed by atoms with Gasteiger partial charge in [0, 0.05) is 10.8 Å². The summed E-state index contributed by atoms with van der Waals surface area (Å²) in [6.45, 7) is 0. The fourth-order valence-corrected chi connectivity index (χ4v) is 6.25. The minimum Gasteiger partial charge on any atom is -0.504 e. The minimum atomic E-state index is -0.994. The third-order valence-corrected chi connectivity index (χ3v) is 8.58. The summed E-state index contributed by atoms with van der Waals surface area (Å²) in [6, 6.07) is 37.3. The molecule has 0 atom stereocenters. The fraction of sp³-hybridized carbons (Fsp3) is 0. The highest BCUT2D eigenvalue weighted by Crippen LogP contribution is 2.54. The predicted molar refractivity (Wildman–Crippen MR) is 177 cm³/mol. The maximum atomic E-state index is 10.3. The molecule has 8 heteroatoms. The summed E-state index contributed by atoms with van der Waals surface area (Å²) in [5.41, 5.74) is 8.20. The van der Waals surface area contributed by atoms with Crippen molar-refractivity contribution in [1.82, 2.24) is 9.38 Å². The summed E-state index contributed by atoms with van der Waals surface area (Å²) >= 11 is 0. The molecule has 0 bridgehead atoms. The third kappa shape index (κ3) is 3.89. The van der Waals surface area contributed by atoms with Crippen molar-refractivity contribution in [3.8, 4) is 68.2 Å². The smallest absolute Gasteiger partial charge is 0.208 e. The van der Waals surface area contributed by atoms with E-state index >= 15 is 0 Å². The van der Waals surface area contributed by atoms with Crippen molar-refractivity contribution in [2.24, 2.45) is 0 Å². The molecule has 0 unspecified atom stereocenters. The summed E-state index contributed by atoms with van der Waals surface area (Å²) in [6.07, 6.45) is 0. The Hall–Kier alpha value is -6.72. The largest absolute Gasteiger partial charge is 0.504 e. The molecule has 2 heterocycles. The molecule has 0 saturated heterocycles. The maximum Gasteiger partial charge on any atom is 0.208 e. The zero-order valence-corrected chi connectivity index (χ0v) is 24.0. The standard InChI is InChI=1S/C38H23N3O5/c39-19-20-5-15-26-28-18-25(14-16-27(28)38-40-29-3-1-2-4-30(29)41(38)31(26)17-20)23-8-6-21(7-9-23)22-10-12-24(13-11-22)32-33(42)35(44)37(46)36(45)34(32)43/h1-18,42-46H. The van der Waals surface area contributed by atoms with E-state index in [-0.39, 0.29) is 5.56 Å². The molecule has 0 amide bonds. The lowest BCUT2D eigenvalue weighted by Crippen LogP contribution is -1.93. The van der Waals surface area contributed by atoms with Gasteiger partial charge in [0.2, 0.25) is 17.2 Å². The van der Waals surface area contributed by atoms with Crippen molar-refractivity contribution in [2.45, 2.75) is 0 Å². The first-order chi connectivity index (χ1) is 22.3. The molecule has 0 aliphatic carbocycles. The molecule has 5 N–H and O–H groups in total. The van der Waals surface area contributed by atoms with Crippen LogP contribution in [0.1, 0.15) is 5.56 Å². The monoisotopic (exact) mass is 601 g/mol. The van der Waals surface area contributed by atoms with Crippen LogP contribution in [0.15, 0.2) is 109 Å². The van der Waals surface area contributed by atoms with Crippen molar-refractivity contribution in [3.63, 3.8) is 0 Å². The number of fused-ring (bicyclic) bond motifs is 8. The average Bonchev–Trinajstić information content (AvgIpc) is 3.50. The molecule has 0 aliphatic rings. The molecule has 6 aromatic carbocycles. The number of rotatable bonds is 3. The molecule has 2 aromatic heterocycles. The second-order valence-electron chi connectivity index (χ2n) is 11.1. The van der Waals surface area contributed by atoms with Gasteiger partial charge >= 0.3 is 0 Å². The summed E-state index contributed by atoms with van der Waals surface area (Å²) in [5, 5.41) is 62.9. The van der Waals surface area contributed by atoms with Gasteiger partial charge in [-0.1, -0.05) is 72.8 Å². The van der Waals surface area contributed by atoms with E-state index in [1.54, 1.807) is 24.3 Å². The Morgan fingerprint density at radius 2 is 1.04 bits per heavy atom. The van der Waals surface area contributed by atoms with Gasteiger partial charge in [-0.3, -0.25) is 4.40 Å². The number of aromatic nitrogens is 2. The van der Waals surface area contributed by atoms with E-state index in [1.807, 2.05) is 66.7 Å². The van der Waals surface area contributed by atoms with Crippen LogP contribution in [-0.2, 0) is 0 Å². The molecule has 0 spiro atoms. The van der Waals surface area contributed by atoms with Crippen molar-refractivity contribution in [3.05, 3.63) is 115 Å². The van der Waals surface area contributed by atoms with Crippen molar-refractivity contribution >= 4 is 38.4 Å². The summed E-state index contributed by atoms with van der Waals surface area (Å²) in [4.78, 5) is 4.96. The topological polar surface area (TPSA) is 142 Å². The molecular weight excluding hydrogens is 578 g/mol. The first kappa shape index (κ1) is 26.9. The van der Waals surface area contributed by atoms with Gasteiger partial charge in [0.15, 0.2) is 11.5 Å². The van der Waals surface area contributed by atoms with Crippen LogP contribution in [0, 0.1) is 11.3 Å². The average molecular weight is 602 g/mol. The summed E-state index contributed by atoms with van der Waals surface area (Å²) in [7, 11) is 0. The van der Waals surface area contributed by atoms with Crippen molar-refractivity contribution in [1.29, 1.82) is 5.26 Å². The van der Waals surface area contributed by atoms with Crippen LogP contribution in [0.4, 0.5) is 0 Å². The highest BCUT2D eigenvalue weighted by Gasteiger charge is 2.24. The molecular formula is C38H23N3O5. The minimum absolute atomic E-state index is 0.192. The lowest BCUT2D eigenvalue weighted by Gasteiger charge is -2.13. The molecule has 0 saturated carbocycles. The SMILES string of the molecule is N#Cc1ccc2c3cc(-c4ccc(-c5ccc(-c6c(O)c(O)c(O)c(O)c6O)cc5)cc4)ccc3c3nc4ccccc4n3c2c1. The summed E-state index contributed by atoms with van der Waals surface area (Å²) in [5.74, 6) is -4.30. The van der Waals surface area contributed by atoms with Gasteiger partial charge in [0.1, 0.15) is 5.65 Å². The highest BCUT2D eigenvalue weighted by molar-refractivity contribution is 6.15. The Morgan fingerprint density at radius 3 is 1.70 bits per heavy atom. The molecule has 0 radical (unpaired) electrons. The van der Waals surface area contributed by atoms with Crippen LogP contribution >= 0.6 is 0 Å². The Morgan fingerprint density at radius 1 is 0.500 bits per heavy atom. The number of nitriles is 1. The number of para-hydroxylation sites is 2. The first-order valence-electron chi connectivity index (χ1n) is 14.4. The van der Waals surface area contributed by atoms with Crippen LogP contribution in [0.2, 0.25) is 0 Å². The van der Waals surface area contributed by atoms with Crippen molar-refractivity contribution in [2.75, 3.05) is 0 Å². The quantitative estimate of drug-likeness (QED) is 0.0780. The molecule has 46 heavy (non-hydrogen) atoms. The normalized spacial score (nSPS) is 11.5. The number of aromatic hydroxyl groups is 5. The lowest BCUT2D eigenvalue weighted by atomic mass is 9.95. The van der Waals surface area contributed by atoms with Gasteiger partial charge < -0.3 is 25.5 Å². The van der Waals surface area contributed by atoms with Gasteiger partial charge in [-0.15, -0.1) is 0 Å². The molecule has 0 fully saturated rings. The molecule has 8 nitrogen and oxygen atoms in total. The first-order valence-corrected chi connectivity index (χ1v) is 14.4. The number of hydrogen-bond donors (Lipinski definition) is 5. The molecule has 8 rings (SSSR count). The number of imidazole rings is 1. The highest BCUT2D eigenvalue weighted by atomic mass is 16.4. The Balaban J connectivity index is 1.19. The number of nitrogens with zero attached hydrogens (tertiary/aromatic N) is 3. The molecule has 8 aromatic rings. The second kappa shape index (κ2) is 9.91.